The van der Waals surface area contributed by atoms with Crippen LogP contribution >= 0.6 is 0 Å². The van der Waals surface area contributed by atoms with Gasteiger partial charge in [0.1, 0.15) is 11.7 Å². The number of aliphatic hydroxyl groups is 3. The van der Waals surface area contributed by atoms with Gasteiger partial charge in [-0.2, -0.15) is 0 Å². The third kappa shape index (κ3) is 4.00. The van der Waals surface area contributed by atoms with E-state index in [0.717, 1.165) is 38.5 Å². The van der Waals surface area contributed by atoms with Gasteiger partial charge in [-0.05, 0) is 107 Å². The van der Waals surface area contributed by atoms with E-state index in [1.54, 1.807) is 0 Å². The molecule has 11 atom stereocenters. The number of hydrogen-bond acceptors (Lipinski definition) is 6. The Hall–Kier alpha value is -0.690. The molecule has 5 fully saturated rings. The van der Waals surface area contributed by atoms with Gasteiger partial charge in [-0.3, -0.25) is 4.79 Å². The fourth-order valence-electron chi connectivity index (χ4n) is 10.1. The number of carbonyl (C=O) groups is 1. The molecule has 5 rings (SSSR count). The topological polar surface area (TPSA) is 96.2 Å². The summed E-state index contributed by atoms with van der Waals surface area (Å²) in [5.74, 6) is 2.09. The molecule has 0 radical (unpaired) electrons. The van der Waals surface area contributed by atoms with Crippen LogP contribution in [0, 0.1) is 40.4 Å². The van der Waals surface area contributed by atoms with Crippen LogP contribution in [0.3, 0.4) is 0 Å². The molecule has 0 amide bonds. The Labute approximate surface area is 211 Å². The van der Waals surface area contributed by atoms with Crippen LogP contribution in [0.1, 0.15) is 98.8 Å². The largest absolute Gasteiger partial charge is 0.462 e. The normalized spacial score (nSPS) is 48.5. The minimum atomic E-state index is -0.873. The van der Waals surface area contributed by atoms with E-state index >= 15 is 0 Å². The molecule has 6 heteroatoms. The third-order valence-corrected chi connectivity index (χ3v) is 11.7. The summed E-state index contributed by atoms with van der Waals surface area (Å²) in [7, 11) is 0. The average molecular weight is 493 g/mol. The number of hydrogen-bond donors (Lipinski definition) is 3. The van der Waals surface area contributed by atoms with Crippen LogP contribution in [0.25, 0.3) is 0 Å². The zero-order chi connectivity index (χ0) is 25.4. The molecule has 1 aliphatic heterocycles. The van der Waals surface area contributed by atoms with E-state index in [9.17, 15) is 20.1 Å². The van der Waals surface area contributed by atoms with Crippen molar-refractivity contribution in [3.8, 4) is 0 Å². The van der Waals surface area contributed by atoms with E-state index in [-0.39, 0.29) is 34.9 Å². The van der Waals surface area contributed by atoms with Gasteiger partial charge in [0, 0.05) is 18.8 Å². The lowest BCUT2D eigenvalue weighted by atomic mass is 9.43. The van der Waals surface area contributed by atoms with Crippen molar-refractivity contribution in [1.82, 2.24) is 0 Å². The lowest BCUT2D eigenvalue weighted by molar-refractivity contribution is -0.214. The van der Waals surface area contributed by atoms with Crippen molar-refractivity contribution >= 4 is 5.97 Å². The smallest absolute Gasteiger partial charge is 0.302 e. The van der Waals surface area contributed by atoms with Crippen LogP contribution in [0.5, 0.6) is 0 Å². The van der Waals surface area contributed by atoms with Crippen LogP contribution < -0.4 is 0 Å². The molecular weight excluding hydrogens is 444 g/mol. The van der Waals surface area contributed by atoms with Gasteiger partial charge in [-0.1, -0.05) is 13.8 Å². The second-order valence-electron chi connectivity index (χ2n) is 14.0. The van der Waals surface area contributed by atoms with Crippen LogP contribution in [-0.2, 0) is 14.3 Å². The second-order valence-corrected chi connectivity index (χ2v) is 14.0. The highest BCUT2D eigenvalue weighted by Gasteiger charge is 2.72. The van der Waals surface area contributed by atoms with Crippen molar-refractivity contribution in [3.05, 3.63) is 0 Å². The summed E-state index contributed by atoms with van der Waals surface area (Å²) in [6.45, 7) is 10.5. The van der Waals surface area contributed by atoms with Crippen molar-refractivity contribution in [2.75, 3.05) is 6.61 Å². The molecule has 0 spiro atoms. The number of esters is 1. The van der Waals surface area contributed by atoms with Gasteiger partial charge in [0.15, 0.2) is 0 Å². The molecule has 0 aromatic heterocycles. The predicted molar refractivity (Wildman–Crippen MR) is 132 cm³/mol. The number of rotatable bonds is 6. The van der Waals surface area contributed by atoms with Crippen molar-refractivity contribution in [1.29, 1.82) is 0 Å². The minimum absolute atomic E-state index is 0.155. The van der Waals surface area contributed by atoms with Gasteiger partial charge in [0.05, 0.1) is 24.4 Å². The Kier molecular flexibility index (Phi) is 6.43. The van der Waals surface area contributed by atoms with Gasteiger partial charge < -0.3 is 24.8 Å². The van der Waals surface area contributed by atoms with E-state index in [0.29, 0.717) is 49.5 Å². The molecule has 35 heavy (non-hydrogen) atoms. The number of aliphatic hydroxyl groups excluding tert-OH is 1. The first kappa shape index (κ1) is 25.9. The molecule has 6 nitrogen and oxygen atoms in total. The summed E-state index contributed by atoms with van der Waals surface area (Å²) < 4.78 is 12.2. The Bertz CT molecular complexity index is 822. The zero-order valence-corrected chi connectivity index (χ0v) is 22.5. The average Bonchev–Trinajstić information content (AvgIpc) is 3.18. The van der Waals surface area contributed by atoms with Gasteiger partial charge in [-0.25, -0.2) is 0 Å². The first-order valence-electron chi connectivity index (χ1n) is 14.2. The van der Waals surface area contributed by atoms with Crippen LogP contribution in [0.2, 0.25) is 0 Å². The molecule has 3 N–H and O–H groups in total. The summed E-state index contributed by atoms with van der Waals surface area (Å²) in [4.78, 5) is 12.0. The predicted octanol–water partition coefficient (Wildman–Crippen LogP) is 4.23. The monoisotopic (exact) mass is 492 g/mol. The summed E-state index contributed by atoms with van der Waals surface area (Å²) in [6.07, 6.45) is 8.14. The molecule has 4 saturated carbocycles. The van der Waals surface area contributed by atoms with Crippen LogP contribution in [0.4, 0.5) is 0 Å². The summed E-state index contributed by atoms with van der Waals surface area (Å²) >= 11 is 0. The van der Waals surface area contributed by atoms with E-state index < -0.39 is 17.3 Å². The highest BCUT2D eigenvalue weighted by atomic mass is 16.5. The lowest BCUT2D eigenvalue weighted by Gasteiger charge is -2.62. The molecular formula is C29H48O6. The highest BCUT2D eigenvalue weighted by Crippen LogP contribution is 2.71. The van der Waals surface area contributed by atoms with Gasteiger partial charge in [-0.15, -0.1) is 0 Å². The fraction of sp³-hybridized carbons (Fsp3) is 0.966. The maximum atomic E-state index is 12.0. The highest BCUT2D eigenvalue weighted by molar-refractivity contribution is 5.66. The van der Waals surface area contributed by atoms with Gasteiger partial charge >= 0.3 is 5.97 Å². The van der Waals surface area contributed by atoms with Crippen LogP contribution in [-0.4, -0.2) is 57.4 Å². The molecule has 0 aromatic rings. The number of ether oxygens (including phenoxy) is 2. The van der Waals surface area contributed by atoms with Gasteiger partial charge in [0.2, 0.25) is 0 Å². The molecule has 0 aromatic carbocycles. The Morgan fingerprint density at radius 2 is 1.91 bits per heavy atom. The quantitative estimate of drug-likeness (QED) is 0.480. The Morgan fingerprint density at radius 1 is 1.17 bits per heavy atom. The van der Waals surface area contributed by atoms with Crippen molar-refractivity contribution in [2.24, 2.45) is 40.4 Å². The molecule has 1 saturated heterocycles. The van der Waals surface area contributed by atoms with Crippen molar-refractivity contribution in [2.45, 2.75) is 128 Å². The van der Waals surface area contributed by atoms with E-state index in [2.05, 4.69) is 13.8 Å². The summed E-state index contributed by atoms with van der Waals surface area (Å²) in [5.41, 5.74) is -1.66. The van der Waals surface area contributed by atoms with E-state index in [1.165, 1.54) is 13.3 Å². The standard InChI is InChI=1S/C29H48O6/c1-17(24(35-18(2)30)10-11-26(3,4)32)21-6-7-22-20-14-25-29(33)15-19(31)8-13-28(29,16-34-25)23(20)9-12-27(21,22)5/h17,19-25,31-33H,6-16H2,1-5H3/t17-,19+,20-,21+,22-,23-,24-,25+,27+,28-,29-/m0/s1. The maximum absolute atomic E-state index is 12.0. The van der Waals surface area contributed by atoms with E-state index in [1.807, 2.05) is 13.8 Å². The van der Waals surface area contributed by atoms with Crippen molar-refractivity contribution < 1.29 is 29.6 Å². The molecule has 4 aliphatic carbocycles. The minimum Gasteiger partial charge on any atom is -0.462 e. The second kappa shape index (κ2) is 8.68. The number of carbonyl (C=O) groups excluding carboxylic acids is 1. The fourth-order valence-corrected chi connectivity index (χ4v) is 10.1. The first-order valence-corrected chi connectivity index (χ1v) is 14.2. The van der Waals surface area contributed by atoms with Gasteiger partial charge in [0.25, 0.3) is 0 Å². The summed E-state index contributed by atoms with van der Waals surface area (Å²) in [5, 5.41) is 32.6. The molecule has 200 valence electrons. The van der Waals surface area contributed by atoms with Crippen molar-refractivity contribution in [3.63, 3.8) is 0 Å². The molecule has 0 unspecified atom stereocenters. The third-order valence-electron chi connectivity index (χ3n) is 11.7. The lowest BCUT2D eigenvalue weighted by Crippen LogP contribution is -2.66. The van der Waals surface area contributed by atoms with Crippen LogP contribution in [0.15, 0.2) is 0 Å². The number of fused-ring (bicyclic) bond motifs is 3. The zero-order valence-electron chi connectivity index (χ0n) is 22.5. The summed E-state index contributed by atoms with van der Waals surface area (Å²) in [6, 6.07) is 0. The first-order chi connectivity index (χ1) is 16.3. The Morgan fingerprint density at radius 3 is 2.60 bits per heavy atom. The maximum Gasteiger partial charge on any atom is 0.302 e. The molecule has 2 bridgehead atoms. The SMILES string of the molecule is CC(=O)O[C@@H](CCC(C)(C)O)[C@@H](C)[C@H]1CC[C@H]2[C@@H]3C[C@H]4OC[C@@]5(CC[C@@H](O)C[C@]45O)[C@H]3CC[C@]12C. The molecule has 1 heterocycles. The Balaban J connectivity index is 1.37. The van der Waals surface area contributed by atoms with E-state index in [4.69, 9.17) is 9.47 Å². The molecule has 5 aliphatic rings.